The van der Waals surface area contributed by atoms with Crippen LogP contribution in [0.3, 0.4) is 0 Å². The van der Waals surface area contributed by atoms with Crippen LogP contribution in [-0.4, -0.2) is 40.1 Å². The third-order valence-corrected chi connectivity index (χ3v) is 9.88. The Morgan fingerprint density at radius 1 is 1.06 bits per heavy atom. The van der Waals surface area contributed by atoms with Crippen molar-refractivity contribution < 1.29 is 18.3 Å². The number of fused-ring (bicyclic) bond motifs is 1. The zero-order valence-corrected chi connectivity index (χ0v) is 29.9. The number of benzene rings is 4. The van der Waals surface area contributed by atoms with Crippen LogP contribution in [0.25, 0.3) is 10.9 Å². The Balaban J connectivity index is 1.12. The first-order valence-electron chi connectivity index (χ1n) is 16.5. The van der Waals surface area contributed by atoms with Crippen LogP contribution in [0, 0.1) is 23.0 Å². The van der Waals surface area contributed by atoms with E-state index in [1.54, 1.807) is 17.0 Å². The largest absolute Gasteiger partial charge is 0.445 e. The van der Waals surface area contributed by atoms with E-state index in [1.165, 1.54) is 36.5 Å². The predicted octanol–water partition coefficient (Wildman–Crippen LogP) is 8.66. The van der Waals surface area contributed by atoms with E-state index >= 15 is 0 Å². The average Bonchev–Trinajstić information content (AvgIpc) is 3.66. The summed E-state index contributed by atoms with van der Waals surface area (Å²) in [5, 5.41) is 19.3. The molecule has 5 aromatic rings. The molecule has 2 aliphatic heterocycles. The van der Waals surface area contributed by atoms with E-state index in [1.807, 2.05) is 53.7 Å². The molecule has 14 heteroatoms. The number of carbonyl (C=O) groups is 1. The first-order valence-corrected chi connectivity index (χ1v) is 17.7. The summed E-state index contributed by atoms with van der Waals surface area (Å²) in [6.07, 6.45) is 4.56. The SMILES string of the molecule is N#Cc1cnc2c(Br)cc(NC(C3=CN(C4CCN(C(=O)OCc5ccccc5)CC4)NN3)c3ccc(F)cc3)cc2c1Nc1ccc(F)c(Cl)c1. The van der Waals surface area contributed by atoms with E-state index in [4.69, 9.17) is 16.3 Å². The van der Waals surface area contributed by atoms with Crippen molar-refractivity contribution in [1.82, 2.24) is 25.9 Å². The highest BCUT2D eigenvalue weighted by Gasteiger charge is 2.31. The van der Waals surface area contributed by atoms with Crippen LogP contribution < -0.4 is 21.6 Å². The zero-order valence-electron chi connectivity index (χ0n) is 27.5. The molecule has 0 aliphatic carbocycles. The number of amides is 1. The van der Waals surface area contributed by atoms with Gasteiger partial charge in [0.05, 0.1) is 33.5 Å². The summed E-state index contributed by atoms with van der Waals surface area (Å²) >= 11 is 9.70. The minimum atomic E-state index is -0.555. The first-order chi connectivity index (χ1) is 25.2. The molecule has 1 amide bonds. The van der Waals surface area contributed by atoms with Gasteiger partial charge in [-0.3, -0.25) is 9.99 Å². The number of halogens is 4. The van der Waals surface area contributed by atoms with Crippen molar-refractivity contribution in [3.8, 4) is 6.07 Å². The van der Waals surface area contributed by atoms with Crippen molar-refractivity contribution in [3.63, 3.8) is 0 Å². The molecule has 1 aromatic heterocycles. The Morgan fingerprint density at radius 2 is 1.83 bits per heavy atom. The number of rotatable bonds is 9. The molecule has 1 atom stereocenters. The molecule has 264 valence electrons. The van der Waals surface area contributed by atoms with Crippen LogP contribution in [0.5, 0.6) is 0 Å². The second-order valence-corrected chi connectivity index (χ2v) is 13.6. The number of nitrogens with one attached hydrogen (secondary N) is 4. The quantitative estimate of drug-likeness (QED) is 0.117. The van der Waals surface area contributed by atoms with Crippen LogP contribution in [0.2, 0.25) is 5.02 Å². The molecule has 1 saturated heterocycles. The van der Waals surface area contributed by atoms with Gasteiger partial charge in [0.25, 0.3) is 0 Å². The third-order valence-electron chi connectivity index (χ3n) is 8.99. The van der Waals surface area contributed by atoms with Gasteiger partial charge < -0.3 is 25.7 Å². The number of pyridine rings is 1. The Kier molecular flexibility index (Phi) is 10.4. The number of ether oxygens (including phenoxy) is 1. The molecule has 1 fully saturated rings. The van der Waals surface area contributed by atoms with Gasteiger partial charge in [-0.25, -0.2) is 13.6 Å². The van der Waals surface area contributed by atoms with Crippen molar-refractivity contribution in [2.45, 2.75) is 31.5 Å². The third kappa shape index (κ3) is 7.74. The monoisotopic (exact) mass is 784 g/mol. The predicted molar refractivity (Wildman–Crippen MR) is 199 cm³/mol. The van der Waals surface area contributed by atoms with Crippen LogP contribution >= 0.6 is 27.5 Å². The smallest absolute Gasteiger partial charge is 0.410 e. The first kappa shape index (κ1) is 35.0. The summed E-state index contributed by atoms with van der Waals surface area (Å²) in [4.78, 5) is 19.0. The van der Waals surface area contributed by atoms with E-state index in [-0.39, 0.29) is 35.1 Å². The molecule has 1 unspecified atom stereocenters. The maximum Gasteiger partial charge on any atom is 0.410 e. The zero-order chi connectivity index (χ0) is 36.2. The number of nitriles is 1. The second-order valence-electron chi connectivity index (χ2n) is 12.4. The van der Waals surface area contributed by atoms with Gasteiger partial charge in [-0.1, -0.05) is 54.1 Å². The van der Waals surface area contributed by atoms with Crippen LogP contribution in [-0.2, 0) is 11.3 Å². The van der Waals surface area contributed by atoms with E-state index < -0.39 is 11.9 Å². The standard InChI is InChI=1S/C38H32BrClF2N8O2/c39-31-17-28(16-30-35(25(19-43)20-44-37(30)31)45-27-10-11-33(42)32(40)18-27)46-36(24-6-8-26(41)9-7-24)34-21-50(48-47-34)29-12-14-49(15-13-29)38(51)52-22-23-4-2-1-3-5-23/h1-11,16-18,20-21,29,36,46-48H,12-15,22H2,(H,44,45). The van der Waals surface area contributed by atoms with Crippen molar-refractivity contribution in [2.75, 3.05) is 23.7 Å². The molecule has 4 N–H and O–H groups in total. The molecule has 52 heavy (non-hydrogen) atoms. The number of aromatic nitrogens is 1. The Hall–Kier alpha value is -5.42. The van der Waals surface area contributed by atoms with Crippen molar-refractivity contribution in [1.29, 1.82) is 5.26 Å². The number of hydrazine groups is 2. The number of likely N-dealkylation sites (tertiary alicyclic amines) is 1. The highest BCUT2D eigenvalue weighted by Crippen LogP contribution is 2.37. The van der Waals surface area contributed by atoms with Gasteiger partial charge in [0.15, 0.2) is 0 Å². The van der Waals surface area contributed by atoms with Gasteiger partial charge in [0.1, 0.15) is 24.3 Å². The normalized spacial score (nSPS) is 15.1. The number of hydrogen-bond donors (Lipinski definition) is 4. The second kappa shape index (κ2) is 15.4. The lowest BCUT2D eigenvalue weighted by Crippen LogP contribution is -2.49. The summed E-state index contributed by atoms with van der Waals surface area (Å²) in [7, 11) is 0. The number of hydrogen-bond acceptors (Lipinski definition) is 9. The number of anilines is 3. The van der Waals surface area contributed by atoms with E-state index in [0.717, 1.165) is 16.8 Å². The van der Waals surface area contributed by atoms with Crippen LogP contribution in [0.15, 0.2) is 107 Å². The van der Waals surface area contributed by atoms with Crippen LogP contribution in [0.1, 0.15) is 35.6 Å². The highest BCUT2D eigenvalue weighted by atomic mass is 79.9. The lowest BCUT2D eigenvalue weighted by Gasteiger charge is -2.35. The molecule has 3 heterocycles. The van der Waals surface area contributed by atoms with Gasteiger partial charge in [0, 0.05) is 52.8 Å². The summed E-state index contributed by atoms with van der Waals surface area (Å²) in [5.41, 5.74) is 11.6. The fourth-order valence-corrected chi connectivity index (χ4v) is 7.01. The molecule has 0 spiro atoms. The fraction of sp³-hybridized carbons (Fsp3) is 0.184. The molecule has 0 bridgehead atoms. The van der Waals surface area contributed by atoms with Crippen LogP contribution in [0.4, 0.5) is 30.6 Å². The Labute approximate surface area is 312 Å². The summed E-state index contributed by atoms with van der Waals surface area (Å²) in [5.74, 6) is -0.911. The van der Waals surface area contributed by atoms with Gasteiger partial charge >= 0.3 is 6.09 Å². The van der Waals surface area contributed by atoms with Crippen molar-refractivity contribution in [2.24, 2.45) is 0 Å². The number of carbonyl (C=O) groups excluding carboxylic acids is 1. The maximum absolute atomic E-state index is 14.1. The van der Waals surface area contributed by atoms with Gasteiger partial charge in [0.2, 0.25) is 0 Å². The summed E-state index contributed by atoms with van der Waals surface area (Å²) < 4.78 is 34.2. The Bertz CT molecular complexity index is 2180. The van der Waals surface area contributed by atoms with E-state index in [9.17, 15) is 18.8 Å². The van der Waals surface area contributed by atoms with Gasteiger partial charge in [-0.15, -0.1) is 5.53 Å². The van der Waals surface area contributed by atoms with E-state index in [0.29, 0.717) is 58.4 Å². The topological polar surface area (TPSA) is 118 Å². The number of nitrogens with zero attached hydrogens (tertiary/aromatic N) is 4. The minimum Gasteiger partial charge on any atom is -0.445 e. The molecule has 0 saturated carbocycles. The molecule has 0 radical (unpaired) electrons. The minimum absolute atomic E-state index is 0.0561. The lowest BCUT2D eigenvalue weighted by atomic mass is 10.0. The maximum atomic E-state index is 14.1. The highest BCUT2D eigenvalue weighted by molar-refractivity contribution is 9.10. The van der Waals surface area contributed by atoms with Crippen molar-refractivity contribution in [3.05, 3.63) is 141 Å². The molecular weight excluding hydrogens is 754 g/mol. The van der Waals surface area contributed by atoms with E-state index in [2.05, 4.69) is 48.6 Å². The van der Waals surface area contributed by atoms with Gasteiger partial charge in [-0.2, -0.15) is 5.26 Å². The molecular formula is C38H32BrClF2N8O2. The summed E-state index contributed by atoms with van der Waals surface area (Å²) in [6.45, 7) is 1.32. The molecule has 10 nitrogen and oxygen atoms in total. The summed E-state index contributed by atoms with van der Waals surface area (Å²) in [6, 6.07) is 25.6. The lowest BCUT2D eigenvalue weighted by molar-refractivity contribution is 0.0681. The molecule has 2 aliphatic rings. The average molecular weight is 786 g/mol. The molecule has 4 aromatic carbocycles. The fourth-order valence-electron chi connectivity index (χ4n) is 6.27. The van der Waals surface area contributed by atoms with Gasteiger partial charge in [-0.05, 0) is 82.4 Å². The Morgan fingerprint density at radius 3 is 2.56 bits per heavy atom. The van der Waals surface area contributed by atoms with Crippen molar-refractivity contribution >= 4 is 61.6 Å². The number of piperidine rings is 1. The molecule has 7 rings (SSSR count).